The first-order valence-corrected chi connectivity index (χ1v) is 6.34. The van der Waals surface area contributed by atoms with E-state index in [1.807, 2.05) is 39.8 Å². The summed E-state index contributed by atoms with van der Waals surface area (Å²) in [5.74, 6) is -0.0220. The van der Waals surface area contributed by atoms with Crippen molar-refractivity contribution >= 4 is 23.3 Å². The average molecular weight is 261 g/mol. The van der Waals surface area contributed by atoms with Crippen molar-refractivity contribution in [3.63, 3.8) is 0 Å². The van der Waals surface area contributed by atoms with Gasteiger partial charge in [-0.2, -0.15) is 0 Å². The van der Waals surface area contributed by atoms with Gasteiger partial charge in [0.25, 0.3) is 0 Å². The highest BCUT2D eigenvalue weighted by Crippen LogP contribution is 2.38. The summed E-state index contributed by atoms with van der Waals surface area (Å²) < 4.78 is 0. The van der Waals surface area contributed by atoms with Crippen molar-refractivity contribution in [2.24, 2.45) is 0 Å². The van der Waals surface area contributed by atoms with E-state index in [2.05, 4.69) is 16.0 Å². The summed E-state index contributed by atoms with van der Waals surface area (Å²) in [5, 5.41) is 8.36. The van der Waals surface area contributed by atoms with Crippen molar-refractivity contribution in [3.05, 3.63) is 23.8 Å². The Morgan fingerprint density at radius 3 is 2.63 bits per heavy atom. The van der Waals surface area contributed by atoms with Crippen LogP contribution in [0.25, 0.3) is 0 Å². The first kappa shape index (κ1) is 13.4. The number of hydrogen-bond acceptors (Lipinski definition) is 2. The summed E-state index contributed by atoms with van der Waals surface area (Å²) in [6.45, 7) is 7.53. The number of urea groups is 1. The Morgan fingerprint density at radius 1 is 1.32 bits per heavy atom. The fourth-order valence-electron chi connectivity index (χ4n) is 2.08. The number of carbonyl (C=O) groups excluding carboxylic acids is 2. The van der Waals surface area contributed by atoms with Crippen LogP contribution in [-0.4, -0.2) is 18.0 Å². The van der Waals surface area contributed by atoms with E-state index in [0.717, 1.165) is 11.3 Å². The van der Waals surface area contributed by atoms with Crippen LogP contribution in [0.3, 0.4) is 0 Å². The van der Waals surface area contributed by atoms with Crippen LogP contribution in [0.5, 0.6) is 0 Å². The van der Waals surface area contributed by atoms with Gasteiger partial charge in [-0.1, -0.05) is 0 Å². The van der Waals surface area contributed by atoms with Gasteiger partial charge in [-0.25, -0.2) is 4.79 Å². The Morgan fingerprint density at radius 2 is 2.00 bits per heavy atom. The fourth-order valence-corrected chi connectivity index (χ4v) is 2.08. The molecule has 3 N–H and O–H groups in total. The molecule has 5 nitrogen and oxygen atoms in total. The van der Waals surface area contributed by atoms with E-state index in [9.17, 15) is 9.59 Å². The maximum atomic E-state index is 11.8. The van der Waals surface area contributed by atoms with Crippen molar-refractivity contribution in [1.29, 1.82) is 0 Å². The lowest BCUT2D eigenvalue weighted by molar-refractivity contribution is -0.119. The summed E-state index contributed by atoms with van der Waals surface area (Å²) in [6, 6.07) is 5.26. The molecule has 1 heterocycles. The maximum Gasteiger partial charge on any atom is 0.319 e. The molecule has 0 unspecified atom stereocenters. The fraction of sp³-hybridized carbons (Fsp3) is 0.429. The molecule has 0 fully saturated rings. The van der Waals surface area contributed by atoms with Gasteiger partial charge in [-0.05, 0) is 51.5 Å². The summed E-state index contributed by atoms with van der Waals surface area (Å²) in [4.78, 5) is 23.5. The second kappa shape index (κ2) is 4.57. The van der Waals surface area contributed by atoms with Gasteiger partial charge in [-0.15, -0.1) is 0 Å². The molecular weight excluding hydrogens is 242 g/mol. The summed E-state index contributed by atoms with van der Waals surface area (Å²) >= 11 is 0. The molecule has 19 heavy (non-hydrogen) atoms. The minimum Gasteiger partial charge on any atom is -0.336 e. The predicted molar refractivity (Wildman–Crippen MR) is 75.4 cm³/mol. The maximum absolute atomic E-state index is 11.8. The summed E-state index contributed by atoms with van der Waals surface area (Å²) in [6.07, 6.45) is 0. The largest absolute Gasteiger partial charge is 0.336 e. The van der Waals surface area contributed by atoms with E-state index in [1.165, 1.54) is 0 Å². The minimum absolute atomic E-state index is 0.0220. The van der Waals surface area contributed by atoms with Crippen LogP contribution in [0.15, 0.2) is 18.2 Å². The molecular formula is C14H19N3O2. The van der Waals surface area contributed by atoms with Crippen LogP contribution >= 0.6 is 0 Å². The molecule has 5 heteroatoms. The van der Waals surface area contributed by atoms with Gasteiger partial charge >= 0.3 is 6.03 Å². The van der Waals surface area contributed by atoms with Crippen LogP contribution in [0.4, 0.5) is 16.2 Å². The zero-order valence-corrected chi connectivity index (χ0v) is 11.6. The minimum atomic E-state index is -0.568. The molecule has 0 saturated carbocycles. The molecule has 1 aromatic rings. The second-order valence-corrected chi connectivity index (χ2v) is 5.59. The molecule has 0 aliphatic carbocycles. The zero-order valence-electron chi connectivity index (χ0n) is 11.6. The molecule has 3 amide bonds. The first-order chi connectivity index (χ1) is 8.80. The number of nitrogens with one attached hydrogen (secondary N) is 3. The normalized spacial score (nSPS) is 15.9. The van der Waals surface area contributed by atoms with Crippen LogP contribution in [0.2, 0.25) is 0 Å². The van der Waals surface area contributed by atoms with Gasteiger partial charge in [0, 0.05) is 17.4 Å². The van der Waals surface area contributed by atoms with Crippen LogP contribution in [-0.2, 0) is 10.2 Å². The monoisotopic (exact) mass is 261 g/mol. The SMILES string of the molecule is CC(C)NC(=O)Nc1ccc2c(c1)C(C)(C)C(=O)N2. The smallest absolute Gasteiger partial charge is 0.319 e. The van der Waals surface area contributed by atoms with Crippen molar-refractivity contribution in [3.8, 4) is 0 Å². The number of fused-ring (bicyclic) bond motifs is 1. The van der Waals surface area contributed by atoms with Crippen molar-refractivity contribution in [2.75, 3.05) is 10.6 Å². The van der Waals surface area contributed by atoms with Gasteiger partial charge < -0.3 is 16.0 Å². The van der Waals surface area contributed by atoms with Crippen LogP contribution < -0.4 is 16.0 Å². The van der Waals surface area contributed by atoms with Gasteiger partial charge in [-0.3, -0.25) is 4.79 Å². The third-order valence-electron chi connectivity index (χ3n) is 3.19. The molecule has 1 aliphatic rings. The molecule has 0 bridgehead atoms. The third kappa shape index (κ3) is 2.54. The lowest BCUT2D eigenvalue weighted by atomic mass is 9.86. The van der Waals surface area contributed by atoms with Crippen LogP contribution in [0.1, 0.15) is 33.3 Å². The lowest BCUT2D eigenvalue weighted by Gasteiger charge is -2.16. The topological polar surface area (TPSA) is 70.2 Å². The number of anilines is 2. The Labute approximate surface area is 112 Å². The molecule has 0 atom stereocenters. The Balaban J connectivity index is 2.21. The quantitative estimate of drug-likeness (QED) is 0.765. The van der Waals surface area contributed by atoms with Crippen molar-refractivity contribution in [2.45, 2.75) is 39.2 Å². The highest BCUT2D eigenvalue weighted by molar-refractivity contribution is 6.06. The van der Waals surface area contributed by atoms with Crippen molar-refractivity contribution in [1.82, 2.24) is 5.32 Å². The highest BCUT2D eigenvalue weighted by atomic mass is 16.2. The number of hydrogen-bond donors (Lipinski definition) is 3. The molecule has 0 radical (unpaired) electrons. The predicted octanol–water partition coefficient (Wildman–Crippen LogP) is 2.45. The van der Waals surface area contributed by atoms with Crippen LogP contribution in [0, 0.1) is 0 Å². The Kier molecular flexibility index (Phi) is 3.22. The molecule has 0 aromatic heterocycles. The molecule has 0 saturated heterocycles. The van der Waals surface area contributed by atoms with Gasteiger partial charge in [0.05, 0.1) is 5.41 Å². The zero-order chi connectivity index (χ0) is 14.2. The molecule has 1 aliphatic heterocycles. The average Bonchev–Trinajstić information content (AvgIpc) is 2.50. The Bertz CT molecular complexity index is 535. The second-order valence-electron chi connectivity index (χ2n) is 5.59. The first-order valence-electron chi connectivity index (χ1n) is 6.34. The van der Waals surface area contributed by atoms with Gasteiger partial charge in [0.15, 0.2) is 0 Å². The van der Waals surface area contributed by atoms with Crippen molar-refractivity contribution < 1.29 is 9.59 Å². The number of amides is 3. The van der Waals surface area contributed by atoms with E-state index in [4.69, 9.17) is 0 Å². The van der Waals surface area contributed by atoms with E-state index in [1.54, 1.807) is 6.07 Å². The number of rotatable bonds is 2. The number of benzene rings is 1. The number of carbonyl (C=O) groups is 2. The standard InChI is InChI=1S/C14H19N3O2/c1-8(2)15-13(19)16-9-5-6-11-10(7-9)14(3,4)12(18)17-11/h5-8H,1-4H3,(H,17,18)(H2,15,16,19). The summed E-state index contributed by atoms with van der Waals surface area (Å²) in [5.41, 5.74) is 1.83. The van der Waals surface area contributed by atoms with Gasteiger partial charge in [0.2, 0.25) is 5.91 Å². The third-order valence-corrected chi connectivity index (χ3v) is 3.19. The van der Waals surface area contributed by atoms with E-state index in [-0.39, 0.29) is 18.0 Å². The molecule has 1 aromatic carbocycles. The highest BCUT2D eigenvalue weighted by Gasteiger charge is 2.38. The summed E-state index contributed by atoms with van der Waals surface area (Å²) in [7, 11) is 0. The van der Waals surface area contributed by atoms with E-state index >= 15 is 0 Å². The molecule has 2 rings (SSSR count). The molecule has 0 spiro atoms. The Hall–Kier alpha value is -2.04. The lowest BCUT2D eigenvalue weighted by Crippen LogP contribution is -2.34. The van der Waals surface area contributed by atoms with E-state index < -0.39 is 5.41 Å². The molecule has 102 valence electrons. The van der Waals surface area contributed by atoms with E-state index in [0.29, 0.717) is 5.69 Å². The van der Waals surface area contributed by atoms with Gasteiger partial charge in [0.1, 0.15) is 0 Å².